The van der Waals surface area contributed by atoms with Crippen LogP contribution in [0.2, 0.25) is 0 Å². The Balaban J connectivity index is -0.00000000120. The van der Waals surface area contributed by atoms with Gasteiger partial charge in [0.15, 0.2) is 0 Å². The molecule has 0 aliphatic heterocycles. The molecule has 0 rings (SSSR count). The summed E-state index contributed by atoms with van der Waals surface area (Å²) >= 11 is 0. The van der Waals surface area contributed by atoms with Crippen LogP contribution in [0.25, 0.3) is 5.32 Å². The van der Waals surface area contributed by atoms with Crippen molar-refractivity contribution < 1.29 is 125 Å². The van der Waals surface area contributed by atoms with E-state index in [-0.39, 0.29) is 274 Å². The van der Waals surface area contributed by atoms with Gasteiger partial charge in [-0.3, -0.25) is 13.1 Å². The van der Waals surface area contributed by atoms with E-state index in [0.717, 1.165) is 0 Å². The van der Waals surface area contributed by atoms with Gasteiger partial charge in [0.05, 0.1) is 0 Å². The predicted molar refractivity (Wildman–Crippen MR) is 216 cm³/mol. The van der Waals surface area contributed by atoms with Gasteiger partial charge in [-0.15, -0.1) is 0 Å². The monoisotopic (exact) mass is 1510 g/mol. The summed E-state index contributed by atoms with van der Waals surface area (Å²) in [7, 11) is 6.76. The van der Waals surface area contributed by atoms with E-state index in [0.29, 0.717) is 0 Å². The molecule has 302 valence electrons. The van der Waals surface area contributed by atoms with E-state index in [4.69, 9.17) is 9.59 Å². The summed E-state index contributed by atoms with van der Waals surface area (Å²) in [6.45, 7) is 7.62. The number of hydrogen-bond donors (Lipinski definition) is 0. The third-order valence-corrected chi connectivity index (χ3v) is 0.183. The molecule has 0 N–H and O–H groups in total. The zero-order chi connectivity index (χ0) is 15.3. The summed E-state index contributed by atoms with van der Waals surface area (Å²) in [6.07, 6.45) is 3.11. The fraction of sp³-hybridized carbons (Fsp3) is 0.727. The SMILES string of the molecule is C.C.C.C.C.C.C.C.C.C.C.C.C.C.C.C.C.CC(C)=O.CN(C)[C-]=O.C[C-]=O.C[N-]C.[CH-]=O.[CH3-].[CH3-].[CH3-].[CH3-].[CH3-].[W+2].[W+2].[W+2].[W+2].[W]. The fourth-order valence-electron chi connectivity index (χ4n) is 0. The van der Waals surface area contributed by atoms with Crippen LogP contribution in [0.15, 0.2) is 0 Å². The molecule has 0 atom stereocenters. The van der Waals surface area contributed by atoms with Gasteiger partial charge in [-0.1, -0.05) is 126 Å². The van der Waals surface area contributed by atoms with Crippen LogP contribution in [0.3, 0.4) is 0 Å². The number of hydrogen-bond acceptors (Lipinski definition) is 4. The summed E-state index contributed by atoms with van der Waals surface area (Å²) in [5, 5.41) is 3.50. The van der Waals surface area contributed by atoms with Gasteiger partial charge >= 0.3 is 84.3 Å². The van der Waals surface area contributed by atoms with Gasteiger partial charge in [-0.2, -0.15) is 27.4 Å². The summed E-state index contributed by atoms with van der Waals surface area (Å²) < 4.78 is 0. The average Bonchev–Trinajstić information content (AvgIpc) is 2.22. The molecule has 0 aromatic carbocycles. The third kappa shape index (κ3) is 5360. The molecule has 0 radical (unpaired) electrons. The Kier molecular flexibility index (Phi) is 7960. The van der Waals surface area contributed by atoms with Crippen LogP contribution in [-0.4, -0.2) is 58.4 Å². The number of carbonyl (C=O) groups is 1. The number of rotatable bonds is 1. The molecule has 0 aliphatic rings. The van der Waals surface area contributed by atoms with E-state index in [1.807, 2.05) is 0 Å². The van der Waals surface area contributed by atoms with E-state index in [9.17, 15) is 9.59 Å². The van der Waals surface area contributed by atoms with Gasteiger partial charge in [0.25, 0.3) is 0 Å². The number of carbonyl (C=O) groups excluding carboxylic acids is 4. The Labute approximate surface area is 368 Å². The minimum Gasteiger partial charge on any atom is -0.668 e. The molecule has 0 spiro atoms. The molecule has 0 aromatic heterocycles. The predicted octanol–water partition coefficient (Wildman–Crippen LogP) is 13.7. The Bertz CT molecular complexity index is 177. The topological polar surface area (TPSA) is 85.6 Å². The van der Waals surface area contributed by atoms with Gasteiger partial charge < -0.3 is 66.5 Å². The molecule has 0 fully saturated rings. The first-order valence-electron chi connectivity index (χ1n) is 4.36. The Morgan fingerprint density at radius 3 is 0.545 bits per heavy atom. The smallest absolute Gasteiger partial charge is 0.668 e. The number of Topliss-reactive ketones (excluding diaryl/α,β-unsaturated/α-hetero) is 1. The first-order valence-corrected chi connectivity index (χ1v) is 4.36. The molecule has 0 saturated heterocycles. The van der Waals surface area contributed by atoms with Crippen molar-refractivity contribution in [2.24, 2.45) is 0 Å². The molecule has 1 amide bonds. The summed E-state index contributed by atoms with van der Waals surface area (Å²) in [4.78, 5) is 36.5. The molecule has 44 heavy (non-hydrogen) atoms. The van der Waals surface area contributed by atoms with Crippen molar-refractivity contribution >= 4 is 25.3 Å². The number of amides is 1. The minimum atomic E-state index is 0. The van der Waals surface area contributed by atoms with E-state index in [1.165, 1.54) is 32.0 Å². The van der Waals surface area contributed by atoms with Crippen molar-refractivity contribution in [1.82, 2.24) is 4.90 Å². The molecular formula is C33H105N2O4W5-. The normalized spacial score (nSPS) is 2.16. The molecule has 0 aliphatic carbocycles. The van der Waals surface area contributed by atoms with Crippen LogP contribution >= 0.6 is 0 Å². The van der Waals surface area contributed by atoms with Gasteiger partial charge in [0.2, 0.25) is 0 Å². The van der Waals surface area contributed by atoms with Crippen LogP contribution in [0.4, 0.5) is 0 Å². The maximum atomic E-state index is 9.44. The Hall–Kier alpha value is 1.88. The summed E-state index contributed by atoms with van der Waals surface area (Å²) in [6, 6.07) is 0. The first-order chi connectivity index (χ1) is 7.83. The molecule has 0 saturated carbocycles. The second-order valence-electron chi connectivity index (χ2n) is 2.55. The minimum absolute atomic E-state index is 0. The molecule has 6 nitrogen and oxygen atoms in total. The largest absolute Gasteiger partial charge is 2.00 e. The van der Waals surface area contributed by atoms with Crippen LogP contribution in [0.1, 0.15) is 147 Å². The van der Waals surface area contributed by atoms with E-state index < -0.39 is 0 Å². The molecule has 11 heteroatoms. The van der Waals surface area contributed by atoms with Crippen LogP contribution in [0.5, 0.6) is 0 Å². The fourth-order valence-corrected chi connectivity index (χ4v) is 0. The summed E-state index contributed by atoms with van der Waals surface area (Å²) in [5.41, 5.74) is 0. The van der Waals surface area contributed by atoms with Gasteiger partial charge in [0, 0.05) is 21.1 Å². The van der Waals surface area contributed by atoms with Gasteiger partial charge in [-0.05, 0) is 27.9 Å². The van der Waals surface area contributed by atoms with Gasteiger partial charge in [-0.25, -0.2) is 0 Å². The number of nitrogens with zero attached hydrogens (tertiary/aromatic N) is 2. The van der Waals surface area contributed by atoms with Crippen molar-refractivity contribution in [2.45, 2.75) is 147 Å². The van der Waals surface area contributed by atoms with Crippen LogP contribution in [0, 0.1) is 37.1 Å². The molecule has 0 unspecified atom stereocenters. The zero-order valence-electron chi connectivity index (χ0n) is 18.6. The van der Waals surface area contributed by atoms with Crippen LogP contribution in [-0.2, 0) is 125 Å². The molecule has 0 bridgehead atoms. The third-order valence-electron chi connectivity index (χ3n) is 0.183. The van der Waals surface area contributed by atoms with E-state index in [1.54, 1.807) is 34.6 Å². The Morgan fingerprint density at radius 2 is 0.545 bits per heavy atom. The average molecular weight is 1510 g/mol. The molecule has 0 aromatic rings. The second-order valence-corrected chi connectivity index (χ2v) is 2.55. The summed E-state index contributed by atoms with van der Waals surface area (Å²) in [5.74, 6) is 0.167. The van der Waals surface area contributed by atoms with Crippen molar-refractivity contribution in [3.63, 3.8) is 0 Å². The zero-order valence-corrected chi connectivity index (χ0v) is 33.3. The Morgan fingerprint density at radius 1 is 0.523 bits per heavy atom. The molecular weight excluding hydrogens is 1410 g/mol. The van der Waals surface area contributed by atoms with Crippen molar-refractivity contribution in [1.29, 1.82) is 0 Å². The van der Waals surface area contributed by atoms with Crippen LogP contribution < -0.4 is 0 Å². The van der Waals surface area contributed by atoms with Crippen molar-refractivity contribution in [3.05, 3.63) is 42.5 Å². The maximum Gasteiger partial charge on any atom is 2.00 e. The van der Waals surface area contributed by atoms with Crippen molar-refractivity contribution in [3.8, 4) is 0 Å². The van der Waals surface area contributed by atoms with E-state index in [2.05, 4.69) is 12.1 Å². The molecule has 0 heterocycles. The second kappa shape index (κ2) is 730. The van der Waals surface area contributed by atoms with Crippen molar-refractivity contribution in [2.75, 3.05) is 28.2 Å². The quantitative estimate of drug-likeness (QED) is 0.149. The van der Waals surface area contributed by atoms with Gasteiger partial charge in [0.1, 0.15) is 5.78 Å². The first kappa shape index (κ1) is 480. The maximum absolute atomic E-state index is 9.44. The number of ketones is 1. The standard InChI is InChI=1S/C3H6NO.C3H6O.C2H6N.C2H3O.CHO.17CH4.5CH3.5W/c1-4(2)3-5;1-3(2)4;1-3-2;1-2-3;1-2;;;;;;;;;;;;;;;;;;;;;;;;;;;/h1-2H3;1-2H3;1-2H3;1H3;1H;17*1H4;5*1H3;;;;;/q-1;;3*-1;;;;;;;;;;;;;;;;;;5*-1;;4*+2. The van der Waals surface area contributed by atoms with E-state index >= 15 is 0 Å².